The second-order valence-electron chi connectivity index (χ2n) is 6.44. The number of hydrogen-bond donors (Lipinski definition) is 1. The van der Waals surface area contributed by atoms with Crippen molar-refractivity contribution in [2.75, 3.05) is 14.2 Å². The van der Waals surface area contributed by atoms with Crippen molar-refractivity contribution < 1.29 is 28.7 Å². The van der Waals surface area contributed by atoms with E-state index in [0.717, 1.165) is 25.3 Å². The summed E-state index contributed by atoms with van der Waals surface area (Å²) in [6, 6.07) is 5.42. The fraction of sp³-hybridized carbons (Fsp3) is 0.474. The number of benzene rings is 1. The quantitative estimate of drug-likeness (QED) is 0.494. The minimum Gasteiger partial charge on any atom is -0.467 e. The monoisotopic (exact) mass is 361 g/mol. The molecule has 7 nitrogen and oxygen atoms in total. The predicted molar refractivity (Wildman–Crippen MR) is 92.5 cm³/mol. The van der Waals surface area contributed by atoms with Crippen molar-refractivity contribution in [1.82, 2.24) is 5.32 Å². The van der Waals surface area contributed by atoms with Crippen LogP contribution in [0.2, 0.25) is 0 Å². The molecule has 0 heterocycles. The van der Waals surface area contributed by atoms with Crippen LogP contribution in [-0.4, -0.2) is 43.4 Å². The van der Waals surface area contributed by atoms with E-state index < -0.39 is 29.3 Å². The number of aryl methyl sites for hydroxylation is 2. The molecular weight excluding hydrogens is 338 g/mol. The van der Waals surface area contributed by atoms with E-state index in [1.807, 2.05) is 13.0 Å². The van der Waals surface area contributed by atoms with Gasteiger partial charge in [0.2, 0.25) is 11.4 Å². The average molecular weight is 361 g/mol. The molecule has 0 bridgehead atoms. The van der Waals surface area contributed by atoms with Gasteiger partial charge in [0.05, 0.1) is 20.1 Å². The molecule has 0 fully saturated rings. The lowest BCUT2D eigenvalue weighted by atomic mass is 9.76. The summed E-state index contributed by atoms with van der Waals surface area (Å²) in [5, 5.41) is 2.36. The third-order valence-electron chi connectivity index (χ3n) is 4.69. The van der Waals surface area contributed by atoms with Crippen LogP contribution in [0.5, 0.6) is 0 Å². The molecule has 0 aromatic heterocycles. The van der Waals surface area contributed by atoms with Gasteiger partial charge in [-0.15, -0.1) is 0 Å². The minimum absolute atomic E-state index is 0.233. The molecule has 1 amide bonds. The second kappa shape index (κ2) is 7.68. The van der Waals surface area contributed by atoms with E-state index in [1.165, 1.54) is 6.92 Å². The standard InChI is InChI=1S/C19H23NO6/c1-11-8-9-14-13(10-11)6-5-7-15(16(14)22)19(17(23)25-3,18(24)26-4)20-12(2)21/h8-10,15H,5-7H2,1-4H3,(H,20,21). The number of nitrogens with one attached hydrogen (secondary N) is 1. The lowest BCUT2D eigenvalue weighted by Crippen LogP contribution is -2.66. The van der Waals surface area contributed by atoms with Crippen LogP contribution < -0.4 is 5.32 Å². The van der Waals surface area contributed by atoms with Crippen LogP contribution >= 0.6 is 0 Å². The van der Waals surface area contributed by atoms with Gasteiger partial charge in [-0.2, -0.15) is 0 Å². The number of fused-ring (bicyclic) bond motifs is 1. The Bertz CT molecular complexity index is 738. The Morgan fingerprint density at radius 2 is 1.77 bits per heavy atom. The van der Waals surface area contributed by atoms with E-state index in [-0.39, 0.29) is 12.2 Å². The fourth-order valence-corrected chi connectivity index (χ4v) is 3.55. The third-order valence-corrected chi connectivity index (χ3v) is 4.69. The highest BCUT2D eigenvalue weighted by atomic mass is 16.5. The van der Waals surface area contributed by atoms with Crippen LogP contribution in [-0.2, 0) is 30.3 Å². The number of ketones is 1. The van der Waals surface area contributed by atoms with Gasteiger partial charge in [-0.25, -0.2) is 9.59 Å². The van der Waals surface area contributed by atoms with Gasteiger partial charge >= 0.3 is 11.9 Å². The summed E-state index contributed by atoms with van der Waals surface area (Å²) in [6.07, 6.45) is 1.44. The van der Waals surface area contributed by atoms with E-state index >= 15 is 0 Å². The summed E-state index contributed by atoms with van der Waals surface area (Å²) < 4.78 is 9.56. The zero-order chi connectivity index (χ0) is 19.5. The molecule has 0 saturated heterocycles. The first-order valence-electron chi connectivity index (χ1n) is 8.37. The zero-order valence-electron chi connectivity index (χ0n) is 15.4. The second-order valence-corrected chi connectivity index (χ2v) is 6.44. The van der Waals surface area contributed by atoms with Crippen LogP contribution in [0.4, 0.5) is 0 Å². The van der Waals surface area contributed by atoms with Gasteiger partial charge in [-0.1, -0.05) is 23.8 Å². The zero-order valence-corrected chi connectivity index (χ0v) is 15.4. The normalized spacial score (nSPS) is 16.9. The molecule has 1 aliphatic carbocycles. The molecule has 0 spiro atoms. The number of amides is 1. The summed E-state index contributed by atoms with van der Waals surface area (Å²) >= 11 is 0. The first-order valence-corrected chi connectivity index (χ1v) is 8.37. The van der Waals surface area contributed by atoms with Crippen LogP contribution in [0, 0.1) is 12.8 Å². The Kier molecular flexibility index (Phi) is 5.79. The van der Waals surface area contributed by atoms with E-state index in [4.69, 9.17) is 9.47 Å². The summed E-state index contributed by atoms with van der Waals surface area (Å²) in [7, 11) is 2.20. The van der Waals surface area contributed by atoms with Crippen molar-refractivity contribution in [2.24, 2.45) is 5.92 Å². The highest BCUT2D eigenvalue weighted by molar-refractivity contribution is 6.14. The molecule has 1 aliphatic rings. The van der Waals surface area contributed by atoms with E-state index in [2.05, 4.69) is 5.32 Å². The van der Waals surface area contributed by atoms with Crippen molar-refractivity contribution >= 4 is 23.6 Å². The number of carbonyl (C=O) groups is 4. The maximum Gasteiger partial charge on any atom is 0.344 e. The summed E-state index contributed by atoms with van der Waals surface area (Å²) in [4.78, 5) is 50.2. The maximum absolute atomic E-state index is 13.3. The van der Waals surface area contributed by atoms with Crippen molar-refractivity contribution in [2.45, 2.75) is 38.6 Å². The van der Waals surface area contributed by atoms with Gasteiger partial charge in [0.25, 0.3) is 0 Å². The average Bonchev–Trinajstić information content (AvgIpc) is 2.77. The Hall–Kier alpha value is -2.70. The summed E-state index contributed by atoms with van der Waals surface area (Å²) in [6.45, 7) is 3.09. The Labute approximate surface area is 152 Å². The number of esters is 2. The molecule has 0 saturated carbocycles. The Morgan fingerprint density at radius 1 is 1.15 bits per heavy atom. The number of hydrogen-bond acceptors (Lipinski definition) is 6. The number of carbonyl (C=O) groups excluding carboxylic acids is 4. The maximum atomic E-state index is 13.3. The molecule has 1 atom stereocenters. The molecule has 26 heavy (non-hydrogen) atoms. The summed E-state index contributed by atoms with van der Waals surface area (Å²) in [5.41, 5.74) is 0.118. The molecule has 2 rings (SSSR count). The summed E-state index contributed by atoms with van der Waals surface area (Å²) in [5.74, 6) is -4.18. The van der Waals surface area contributed by atoms with Crippen LogP contribution in [0.3, 0.4) is 0 Å². The largest absolute Gasteiger partial charge is 0.467 e. The minimum atomic E-state index is -2.21. The Balaban J connectivity index is 2.64. The van der Waals surface area contributed by atoms with Crippen molar-refractivity contribution in [1.29, 1.82) is 0 Å². The smallest absolute Gasteiger partial charge is 0.344 e. The fourth-order valence-electron chi connectivity index (χ4n) is 3.55. The Morgan fingerprint density at radius 3 is 2.31 bits per heavy atom. The molecule has 0 radical (unpaired) electrons. The molecule has 0 aliphatic heterocycles. The van der Waals surface area contributed by atoms with Gasteiger partial charge in [0, 0.05) is 12.5 Å². The van der Waals surface area contributed by atoms with Gasteiger partial charge in [-0.05, 0) is 31.7 Å². The molecule has 140 valence electrons. The molecule has 1 unspecified atom stereocenters. The van der Waals surface area contributed by atoms with Crippen molar-refractivity contribution in [3.05, 3.63) is 34.9 Å². The van der Waals surface area contributed by atoms with Gasteiger partial charge in [0.1, 0.15) is 0 Å². The van der Waals surface area contributed by atoms with Gasteiger partial charge < -0.3 is 14.8 Å². The molecule has 1 aromatic rings. The van der Waals surface area contributed by atoms with Crippen molar-refractivity contribution in [3.63, 3.8) is 0 Å². The molecule has 7 heteroatoms. The van der Waals surface area contributed by atoms with Crippen molar-refractivity contribution in [3.8, 4) is 0 Å². The third kappa shape index (κ3) is 3.34. The molecule has 1 N–H and O–H groups in total. The van der Waals surface area contributed by atoms with Gasteiger partial charge in [-0.3, -0.25) is 9.59 Å². The molecular formula is C19H23NO6. The number of Topliss-reactive ketones (excluding diaryl/α,β-unsaturated/α-hetero) is 1. The van der Waals surface area contributed by atoms with Crippen LogP contribution in [0.25, 0.3) is 0 Å². The number of methoxy groups -OCH3 is 2. The first-order chi connectivity index (χ1) is 12.3. The lowest BCUT2D eigenvalue weighted by Gasteiger charge is -2.34. The highest BCUT2D eigenvalue weighted by Crippen LogP contribution is 2.34. The topological polar surface area (TPSA) is 98.8 Å². The number of rotatable bonds is 4. The SMILES string of the molecule is COC(=O)C(NC(C)=O)(C(=O)OC)C1CCCc2cc(C)ccc2C1=O. The predicted octanol–water partition coefficient (Wildman–Crippen LogP) is 1.35. The van der Waals surface area contributed by atoms with E-state index in [1.54, 1.807) is 12.1 Å². The molecule has 1 aromatic carbocycles. The van der Waals surface area contributed by atoms with E-state index in [9.17, 15) is 19.2 Å². The highest BCUT2D eigenvalue weighted by Gasteiger charge is 2.58. The lowest BCUT2D eigenvalue weighted by molar-refractivity contribution is -0.168. The van der Waals surface area contributed by atoms with Crippen LogP contribution in [0.15, 0.2) is 18.2 Å². The number of ether oxygens (including phenoxy) is 2. The van der Waals surface area contributed by atoms with Crippen LogP contribution in [0.1, 0.15) is 41.3 Å². The first kappa shape index (κ1) is 19.6. The van der Waals surface area contributed by atoms with E-state index in [0.29, 0.717) is 18.4 Å². The van der Waals surface area contributed by atoms with Gasteiger partial charge in [0.15, 0.2) is 5.78 Å².